The number of imidazole rings is 1. The molecule has 0 aliphatic carbocycles. The number of carbonyl (C=O) groups is 1. The molecule has 3 aromatic rings. The van der Waals surface area contributed by atoms with Crippen LogP contribution in [0.4, 0.5) is 0 Å². The number of carbonyl (C=O) groups excluding carboxylic acids is 1. The predicted octanol–water partition coefficient (Wildman–Crippen LogP) is 4.34. The summed E-state index contributed by atoms with van der Waals surface area (Å²) in [7, 11) is 1.84. The molecular weight excluding hydrogens is 357 g/mol. The monoisotopic (exact) mass is 373 g/mol. The number of halogens is 2. The quantitative estimate of drug-likeness (QED) is 0.684. The summed E-state index contributed by atoms with van der Waals surface area (Å²) in [5.74, 6) is 1.22. The molecule has 0 saturated carbocycles. The minimum Gasteiger partial charge on any atom is -0.345 e. The summed E-state index contributed by atoms with van der Waals surface area (Å²) >= 11 is 12.2. The summed E-state index contributed by atoms with van der Waals surface area (Å²) in [5.41, 5.74) is 3.06. The molecule has 2 aromatic carbocycles. The predicted molar refractivity (Wildman–Crippen MR) is 100 cm³/mol. The second-order valence-corrected chi connectivity index (χ2v) is 7.28. The Balaban J connectivity index is 1.79. The largest absolute Gasteiger partial charge is 0.345 e. The molecule has 0 bridgehead atoms. The SMILES string of the molecule is CN1C[C@H](c2nc3ccccc3n2Cc2ccc(Cl)c(Cl)c2)CC1=O. The Morgan fingerprint density at radius 2 is 1.96 bits per heavy atom. The fraction of sp³-hybridized carbons (Fsp3) is 0.263. The van der Waals surface area contributed by atoms with Gasteiger partial charge in [-0.05, 0) is 29.8 Å². The highest BCUT2D eigenvalue weighted by molar-refractivity contribution is 6.42. The zero-order valence-electron chi connectivity index (χ0n) is 13.7. The first-order valence-electron chi connectivity index (χ1n) is 8.16. The number of hydrogen-bond donors (Lipinski definition) is 0. The number of fused-ring (bicyclic) bond motifs is 1. The van der Waals surface area contributed by atoms with E-state index in [9.17, 15) is 4.79 Å². The van der Waals surface area contributed by atoms with Crippen LogP contribution < -0.4 is 0 Å². The van der Waals surface area contributed by atoms with Crippen molar-refractivity contribution in [2.24, 2.45) is 0 Å². The fourth-order valence-electron chi connectivity index (χ4n) is 3.43. The Labute approximate surface area is 156 Å². The molecular formula is C19H17Cl2N3O. The van der Waals surface area contributed by atoms with Gasteiger partial charge in [0.1, 0.15) is 5.82 Å². The van der Waals surface area contributed by atoms with E-state index < -0.39 is 0 Å². The van der Waals surface area contributed by atoms with E-state index in [1.54, 1.807) is 4.90 Å². The molecule has 1 saturated heterocycles. The van der Waals surface area contributed by atoms with Crippen LogP contribution in [-0.4, -0.2) is 34.0 Å². The van der Waals surface area contributed by atoms with Gasteiger partial charge in [0.2, 0.25) is 5.91 Å². The molecule has 1 amide bonds. The van der Waals surface area contributed by atoms with Crippen LogP contribution in [0.25, 0.3) is 11.0 Å². The number of aromatic nitrogens is 2. The van der Waals surface area contributed by atoms with Gasteiger partial charge >= 0.3 is 0 Å². The van der Waals surface area contributed by atoms with Crippen molar-refractivity contribution < 1.29 is 4.79 Å². The van der Waals surface area contributed by atoms with Gasteiger partial charge < -0.3 is 9.47 Å². The number of rotatable bonds is 3. The van der Waals surface area contributed by atoms with Crippen LogP contribution in [0.3, 0.4) is 0 Å². The minimum atomic E-state index is 0.104. The van der Waals surface area contributed by atoms with Crippen LogP contribution >= 0.6 is 23.2 Å². The molecule has 128 valence electrons. The standard InChI is InChI=1S/C19H17Cl2N3O/c1-23-11-13(9-18(23)25)19-22-16-4-2-3-5-17(16)24(19)10-12-6-7-14(20)15(21)8-12/h2-8,13H,9-11H2,1H3/t13-/m1/s1. The van der Waals surface area contributed by atoms with E-state index in [2.05, 4.69) is 10.6 Å². The molecule has 1 fully saturated rings. The molecule has 2 heterocycles. The lowest BCUT2D eigenvalue weighted by Gasteiger charge is -2.14. The van der Waals surface area contributed by atoms with Crippen LogP contribution in [0.1, 0.15) is 23.7 Å². The highest BCUT2D eigenvalue weighted by Crippen LogP contribution is 2.31. The summed E-state index contributed by atoms with van der Waals surface area (Å²) in [6, 6.07) is 13.7. The highest BCUT2D eigenvalue weighted by atomic mass is 35.5. The summed E-state index contributed by atoms with van der Waals surface area (Å²) in [4.78, 5) is 18.6. The number of likely N-dealkylation sites (N-methyl/N-ethyl adjacent to an activating group) is 1. The van der Waals surface area contributed by atoms with E-state index in [0.29, 0.717) is 29.6 Å². The lowest BCUT2D eigenvalue weighted by molar-refractivity contribution is -0.126. The Hall–Kier alpha value is -2.04. The van der Waals surface area contributed by atoms with Crippen molar-refractivity contribution in [3.05, 3.63) is 63.9 Å². The number of para-hydroxylation sites is 2. The van der Waals surface area contributed by atoms with Gasteiger partial charge in [0.25, 0.3) is 0 Å². The fourth-order valence-corrected chi connectivity index (χ4v) is 3.75. The Morgan fingerprint density at radius 1 is 1.16 bits per heavy atom. The van der Waals surface area contributed by atoms with E-state index in [-0.39, 0.29) is 11.8 Å². The Morgan fingerprint density at radius 3 is 2.68 bits per heavy atom. The van der Waals surface area contributed by atoms with E-state index in [1.165, 1.54) is 0 Å². The molecule has 4 nitrogen and oxygen atoms in total. The molecule has 0 N–H and O–H groups in total. The number of nitrogens with zero attached hydrogens (tertiary/aromatic N) is 3. The van der Waals surface area contributed by atoms with Crippen molar-refractivity contribution in [3.63, 3.8) is 0 Å². The van der Waals surface area contributed by atoms with Gasteiger partial charge in [-0.2, -0.15) is 0 Å². The molecule has 0 spiro atoms. The molecule has 1 aliphatic rings. The zero-order chi connectivity index (χ0) is 17.6. The maximum Gasteiger partial charge on any atom is 0.223 e. The van der Waals surface area contributed by atoms with Gasteiger partial charge in [0, 0.05) is 32.5 Å². The third-order valence-electron chi connectivity index (χ3n) is 4.71. The Bertz CT molecular complexity index is 966. The van der Waals surface area contributed by atoms with Crippen LogP contribution in [0, 0.1) is 0 Å². The average Bonchev–Trinajstić information content (AvgIpc) is 3.12. The molecule has 0 radical (unpaired) electrons. The van der Waals surface area contributed by atoms with Gasteiger partial charge in [-0.25, -0.2) is 4.98 Å². The zero-order valence-corrected chi connectivity index (χ0v) is 15.3. The minimum absolute atomic E-state index is 0.104. The van der Waals surface area contributed by atoms with Crippen molar-refractivity contribution in [2.45, 2.75) is 18.9 Å². The number of hydrogen-bond acceptors (Lipinski definition) is 2. The van der Waals surface area contributed by atoms with Crippen LogP contribution in [0.5, 0.6) is 0 Å². The highest BCUT2D eigenvalue weighted by Gasteiger charge is 2.31. The lowest BCUT2D eigenvalue weighted by atomic mass is 10.1. The molecule has 1 atom stereocenters. The van der Waals surface area contributed by atoms with Gasteiger partial charge in [0.05, 0.1) is 21.1 Å². The van der Waals surface area contributed by atoms with Crippen LogP contribution in [0.15, 0.2) is 42.5 Å². The third-order valence-corrected chi connectivity index (χ3v) is 5.45. The third kappa shape index (κ3) is 3.00. The van der Waals surface area contributed by atoms with Crippen molar-refractivity contribution in [1.82, 2.24) is 14.5 Å². The maximum atomic E-state index is 12.0. The average molecular weight is 374 g/mol. The molecule has 1 aromatic heterocycles. The Kier molecular flexibility index (Phi) is 4.18. The van der Waals surface area contributed by atoms with Gasteiger partial charge in [0.15, 0.2) is 0 Å². The first-order chi connectivity index (χ1) is 12.0. The summed E-state index contributed by atoms with van der Waals surface area (Å²) in [6.07, 6.45) is 0.501. The van der Waals surface area contributed by atoms with Crippen molar-refractivity contribution >= 4 is 40.1 Å². The number of benzene rings is 2. The van der Waals surface area contributed by atoms with E-state index in [1.807, 2.05) is 43.4 Å². The van der Waals surface area contributed by atoms with Crippen LogP contribution in [0.2, 0.25) is 10.0 Å². The summed E-state index contributed by atoms with van der Waals surface area (Å²) < 4.78 is 2.19. The van der Waals surface area contributed by atoms with Crippen molar-refractivity contribution in [1.29, 1.82) is 0 Å². The lowest BCUT2D eigenvalue weighted by Crippen LogP contribution is -2.19. The molecule has 4 rings (SSSR count). The maximum absolute atomic E-state index is 12.0. The summed E-state index contributed by atoms with van der Waals surface area (Å²) in [5, 5.41) is 1.09. The molecule has 6 heteroatoms. The first-order valence-corrected chi connectivity index (χ1v) is 8.91. The second-order valence-electron chi connectivity index (χ2n) is 6.47. The van der Waals surface area contributed by atoms with Crippen molar-refractivity contribution in [2.75, 3.05) is 13.6 Å². The van der Waals surface area contributed by atoms with Gasteiger partial charge in [-0.15, -0.1) is 0 Å². The van der Waals surface area contributed by atoms with Gasteiger partial charge in [-0.1, -0.05) is 41.4 Å². The second kappa shape index (κ2) is 6.36. The normalized spacial score (nSPS) is 17.6. The smallest absolute Gasteiger partial charge is 0.223 e. The molecule has 1 aliphatic heterocycles. The van der Waals surface area contributed by atoms with E-state index in [4.69, 9.17) is 28.2 Å². The van der Waals surface area contributed by atoms with E-state index in [0.717, 1.165) is 22.4 Å². The topological polar surface area (TPSA) is 38.1 Å². The summed E-state index contributed by atoms with van der Waals surface area (Å²) in [6.45, 7) is 1.34. The molecule has 0 unspecified atom stereocenters. The van der Waals surface area contributed by atoms with Gasteiger partial charge in [-0.3, -0.25) is 4.79 Å². The molecule has 25 heavy (non-hydrogen) atoms. The van der Waals surface area contributed by atoms with Crippen molar-refractivity contribution in [3.8, 4) is 0 Å². The number of likely N-dealkylation sites (tertiary alicyclic amines) is 1. The number of amides is 1. The van der Waals surface area contributed by atoms with E-state index >= 15 is 0 Å². The van der Waals surface area contributed by atoms with Crippen LogP contribution in [-0.2, 0) is 11.3 Å². The first kappa shape index (κ1) is 16.4.